The minimum atomic E-state index is 0.0157. The molecule has 1 aliphatic rings. The Hall–Kier alpha value is -2.61. The lowest BCUT2D eigenvalue weighted by Gasteiger charge is -2.16. The number of hydrogen-bond donors (Lipinski definition) is 1. The Kier molecular flexibility index (Phi) is 4.72. The molecule has 1 saturated heterocycles. The smallest absolute Gasteiger partial charge is 0.248 e. The number of rotatable bonds is 5. The molecule has 1 atom stereocenters. The van der Waals surface area contributed by atoms with Crippen molar-refractivity contribution in [3.63, 3.8) is 0 Å². The molecule has 3 heterocycles. The number of anilines is 2. The molecule has 8 heteroatoms. The summed E-state index contributed by atoms with van der Waals surface area (Å²) in [7, 11) is 1.53. The Morgan fingerprint density at radius 2 is 2.30 bits per heavy atom. The van der Waals surface area contributed by atoms with Crippen LogP contribution in [0.25, 0.3) is 0 Å². The van der Waals surface area contributed by atoms with Gasteiger partial charge in [0.05, 0.1) is 11.9 Å². The summed E-state index contributed by atoms with van der Waals surface area (Å²) in [5.41, 5.74) is 0.916. The molecular formula is C15H18N6O2. The van der Waals surface area contributed by atoms with Crippen LogP contribution in [0.1, 0.15) is 18.0 Å². The zero-order valence-corrected chi connectivity index (χ0v) is 12.8. The Morgan fingerprint density at radius 1 is 1.39 bits per heavy atom. The monoisotopic (exact) mass is 314 g/mol. The summed E-state index contributed by atoms with van der Waals surface area (Å²) in [6, 6.07) is 1.89. The van der Waals surface area contributed by atoms with E-state index in [2.05, 4.69) is 25.3 Å². The van der Waals surface area contributed by atoms with Crippen LogP contribution in [0.5, 0.6) is 0 Å². The van der Waals surface area contributed by atoms with Crippen molar-refractivity contribution in [3.8, 4) is 0 Å². The molecule has 3 rings (SSSR count). The van der Waals surface area contributed by atoms with E-state index in [1.165, 1.54) is 7.11 Å². The second kappa shape index (κ2) is 7.10. The molecule has 1 fully saturated rings. The first-order valence-corrected chi connectivity index (χ1v) is 7.39. The van der Waals surface area contributed by atoms with Gasteiger partial charge in [-0.2, -0.15) is 0 Å². The van der Waals surface area contributed by atoms with Crippen LogP contribution < -0.4 is 5.32 Å². The van der Waals surface area contributed by atoms with E-state index in [0.717, 1.165) is 18.7 Å². The fourth-order valence-corrected chi connectivity index (χ4v) is 2.58. The number of carbonyl (C=O) groups excluding carboxylic acids is 1. The second-order valence-corrected chi connectivity index (χ2v) is 5.28. The third-order valence-electron chi connectivity index (χ3n) is 3.71. The van der Waals surface area contributed by atoms with E-state index in [1.807, 2.05) is 11.0 Å². The highest BCUT2D eigenvalue weighted by molar-refractivity contribution is 5.77. The Bertz CT molecular complexity index is 666. The fourth-order valence-electron chi connectivity index (χ4n) is 2.58. The number of nitrogens with one attached hydrogen (secondary N) is 1. The molecule has 8 nitrogen and oxygen atoms in total. The number of aromatic nitrogens is 4. The van der Waals surface area contributed by atoms with Gasteiger partial charge in [0.15, 0.2) is 5.82 Å². The molecule has 1 aliphatic heterocycles. The van der Waals surface area contributed by atoms with Crippen molar-refractivity contribution in [2.45, 2.75) is 12.3 Å². The van der Waals surface area contributed by atoms with Crippen LogP contribution in [-0.4, -0.2) is 57.5 Å². The maximum absolute atomic E-state index is 11.9. The highest BCUT2D eigenvalue weighted by atomic mass is 16.5. The van der Waals surface area contributed by atoms with Crippen LogP contribution in [-0.2, 0) is 9.53 Å². The Labute approximate surface area is 134 Å². The molecule has 0 aromatic carbocycles. The summed E-state index contributed by atoms with van der Waals surface area (Å²) in [5, 5.41) is 3.03. The lowest BCUT2D eigenvalue weighted by molar-refractivity contribution is -0.134. The van der Waals surface area contributed by atoms with E-state index in [1.54, 1.807) is 24.8 Å². The third-order valence-corrected chi connectivity index (χ3v) is 3.71. The fraction of sp³-hybridized carbons (Fsp3) is 0.400. The van der Waals surface area contributed by atoms with Gasteiger partial charge in [-0.15, -0.1) is 0 Å². The van der Waals surface area contributed by atoms with Crippen LogP contribution >= 0.6 is 0 Å². The zero-order chi connectivity index (χ0) is 16.1. The highest BCUT2D eigenvalue weighted by Crippen LogP contribution is 2.26. The number of amides is 1. The molecule has 23 heavy (non-hydrogen) atoms. The predicted octanol–water partition coefficient (Wildman–Crippen LogP) is 0.973. The van der Waals surface area contributed by atoms with Crippen LogP contribution in [0.3, 0.4) is 0 Å². The van der Waals surface area contributed by atoms with Gasteiger partial charge in [0, 0.05) is 44.7 Å². The van der Waals surface area contributed by atoms with Crippen molar-refractivity contribution >= 4 is 17.7 Å². The summed E-state index contributed by atoms with van der Waals surface area (Å²) in [6.45, 7) is 1.50. The molecule has 2 aromatic rings. The maximum Gasteiger partial charge on any atom is 0.248 e. The van der Waals surface area contributed by atoms with Crippen LogP contribution in [0, 0.1) is 0 Å². The average molecular weight is 314 g/mol. The number of nitrogens with zero attached hydrogens (tertiary/aromatic N) is 5. The standard InChI is InChI=1S/C15H18N6O2/c1-23-10-14(22)21-7-3-11(9-21)12-2-4-18-15(19-12)20-13-8-16-5-6-17-13/h2,4-6,8,11H,3,7,9-10H2,1H3,(H,17,18,19,20)/t11-/m0/s1. The minimum absolute atomic E-state index is 0.0157. The number of ether oxygens (including phenoxy) is 1. The quantitative estimate of drug-likeness (QED) is 0.879. The van der Waals surface area contributed by atoms with E-state index >= 15 is 0 Å². The van der Waals surface area contributed by atoms with Gasteiger partial charge < -0.3 is 15.0 Å². The van der Waals surface area contributed by atoms with Crippen molar-refractivity contribution < 1.29 is 9.53 Å². The Balaban J connectivity index is 1.67. The van der Waals surface area contributed by atoms with Crippen LogP contribution in [0.15, 0.2) is 30.9 Å². The van der Waals surface area contributed by atoms with Crippen molar-refractivity contribution in [2.24, 2.45) is 0 Å². The van der Waals surface area contributed by atoms with Gasteiger partial charge in [-0.05, 0) is 12.5 Å². The molecule has 2 aromatic heterocycles. The number of hydrogen-bond acceptors (Lipinski definition) is 7. The average Bonchev–Trinajstić information content (AvgIpc) is 3.06. The molecule has 0 aliphatic carbocycles. The summed E-state index contributed by atoms with van der Waals surface area (Å²) in [4.78, 5) is 30.5. The van der Waals surface area contributed by atoms with Crippen LogP contribution in [0.4, 0.5) is 11.8 Å². The molecule has 0 saturated carbocycles. The first-order chi connectivity index (χ1) is 11.3. The molecule has 0 bridgehead atoms. The van der Waals surface area contributed by atoms with Gasteiger partial charge in [0.25, 0.3) is 0 Å². The minimum Gasteiger partial charge on any atom is -0.375 e. The highest BCUT2D eigenvalue weighted by Gasteiger charge is 2.28. The van der Waals surface area contributed by atoms with E-state index in [0.29, 0.717) is 18.3 Å². The maximum atomic E-state index is 11.9. The topological polar surface area (TPSA) is 93.1 Å². The van der Waals surface area contributed by atoms with Crippen LogP contribution in [0.2, 0.25) is 0 Å². The third kappa shape index (κ3) is 3.78. The van der Waals surface area contributed by atoms with E-state index in [-0.39, 0.29) is 18.4 Å². The summed E-state index contributed by atoms with van der Waals surface area (Å²) in [6.07, 6.45) is 7.41. The van der Waals surface area contributed by atoms with E-state index in [9.17, 15) is 4.79 Å². The number of methoxy groups -OCH3 is 1. The summed E-state index contributed by atoms with van der Waals surface area (Å²) >= 11 is 0. The first-order valence-electron chi connectivity index (χ1n) is 7.39. The lowest BCUT2D eigenvalue weighted by atomic mass is 10.1. The summed E-state index contributed by atoms with van der Waals surface area (Å²) < 4.78 is 4.90. The molecule has 120 valence electrons. The largest absolute Gasteiger partial charge is 0.375 e. The van der Waals surface area contributed by atoms with Gasteiger partial charge in [-0.1, -0.05) is 0 Å². The van der Waals surface area contributed by atoms with Crippen molar-refractivity contribution in [1.82, 2.24) is 24.8 Å². The van der Waals surface area contributed by atoms with E-state index < -0.39 is 0 Å². The van der Waals surface area contributed by atoms with Crippen molar-refractivity contribution in [3.05, 3.63) is 36.5 Å². The summed E-state index contributed by atoms with van der Waals surface area (Å²) in [5.74, 6) is 1.29. The predicted molar refractivity (Wildman–Crippen MR) is 83.2 cm³/mol. The van der Waals surface area contributed by atoms with Crippen molar-refractivity contribution in [1.29, 1.82) is 0 Å². The van der Waals surface area contributed by atoms with Gasteiger partial charge in [0.1, 0.15) is 6.61 Å². The second-order valence-electron chi connectivity index (χ2n) is 5.28. The van der Waals surface area contributed by atoms with E-state index in [4.69, 9.17) is 4.74 Å². The number of carbonyl (C=O) groups is 1. The lowest BCUT2D eigenvalue weighted by Crippen LogP contribution is -2.31. The van der Waals surface area contributed by atoms with Gasteiger partial charge in [0.2, 0.25) is 11.9 Å². The van der Waals surface area contributed by atoms with Gasteiger partial charge in [-0.3, -0.25) is 9.78 Å². The number of likely N-dealkylation sites (tertiary alicyclic amines) is 1. The zero-order valence-electron chi connectivity index (χ0n) is 12.8. The normalized spacial score (nSPS) is 17.3. The van der Waals surface area contributed by atoms with Gasteiger partial charge in [-0.25, -0.2) is 15.0 Å². The molecule has 0 spiro atoms. The molecule has 1 N–H and O–H groups in total. The molecule has 0 unspecified atom stereocenters. The van der Waals surface area contributed by atoms with Gasteiger partial charge >= 0.3 is 0 Å². The SMILES string of the molecule is COCC(=O)N1CC[C@H](c2ccnc(Nc3cnccn3)n2)C1. The van der Waals surface area contributed by atoms with Crippen molar-refractivity contribution in [2.75, 3.05) is 32.1 Å². The Morgan fingerprint density at radius 3 is 3.09 bits per heavy atom. The molecule has 1 amide bonds. The molecule has 0 radical (unpaired) electrons. The molecular weight excluding hydrogens is 296 g/mol. The first kappa shape index (κ1) is 15.3.